The highest BCUT2D eigenvalue weighted by Gasteiger charge is 2.34. The van der Waals surface area contributed by atoms with E-state index in [4.69, 9.17) is 0 Å². The van der Waals surface area contributed by atoms with Gasteiger partial charge in [0.1, 0.15) is 11.5 Å². The minimum Gasteiger partial charge on any atom is -0.359 e. The van der Waals surface area contributed by atoms with Gasteiger partial charge >= 0.3 is 12.2 Å². The molecule has 9 heteroatoms. The van der Waals surface area contributed by atoms with Crippen molar-refractivity contribution >= 4 is 28.4 Å². The normalized spacial score (nSPS) is 16.9. The van der Waals surface area contributed by atoms with Crippen LogP contribution in [0.25, 0.3) is 10.9 Å². The molecule has 3 heterocycles. The van der Waals surface area contributed by atoms with E-state index in [0.29, 0.717) is 17.8 Å². The van der Waals surface area contributed by atoms with Crippen LogP contribution in [0.3, 0.4) is 0 Å². The number of amides is 2. The number of fused-ring (bicyclic) bond motifs is 1. The van der Waals surface area contributed by atoms with Gasteiger partial charge in [-0.3, -0.25) is 0 Å². The Hall–Kier alpha value is -3.23. The molecule has 1 saturated heterocycles. The van der Waals surface area contributed by atoms with E-state index < -0.39 is 17.9 Å². The number of hydrogen-bond donors (Lipinski definition) is 3. The van der Waals surface area contributed by atoms with Gasteiger partial charge in [0.15, 0.2) is 0 Å². The van der Waals surface area contributed by atoms with Gasteiger partial charge < -0.3 is 20.5 Å². The molecule has 2 amide bonds. The summed E-state index contributed by atoms with van der Waals surface area (Å²) in [5, 5.41) is 6.51. The van der Waals surface area contributed by atoms with Crippen LogP contribution in [0.5, 0.6) is 0 Å². The van der Waals surface area contributed by atoms with Crippen molar-refractivity contribution in [1.29, 1.82) is 0 Å². The van der Waals surface area contributed by atoms with E-state index in [1.54, 1.807) is 6.07 Å². The number of halogens is 3. The van der Waals surface area contributed by atoms with Crippen molar-refractivity contribution in [1.82, 2.24) is 15.3 Å². The number of anilines is 2. The summed E-state index contributed by atoms with van der Waals surface area (Å²) in [5.41, 5.74) is 2.26. The second-order valence-electron chi connectivity index (χ2n) is 8.28. The Labute approximate surface area is 184 Å². The summed E-state index contributed by atoms with van der Waals surface area (Å²) in [4.78, 5) is 21.5. The average molecular weight is 445 g/mol. The topological polar surface area (TPSA) is 73.1 Å². The van der Waals surface area contributed by atoms with E-state index in [1.807, 2.05) is 36.9 Å². The molecule has 0 aliphatic carbocycles. The van der Waals surface area contributed by atoms with Crippen molar-refractivity contribution in [2.75, 3.05) is 16.8 Å². The highest BCUT2D eigenvalue weighted by molar-refractivity contribution is 5.93. The van der Waals surface area contributed by atoms with Gasteiger partial charge in [-0.2, -0.15) is 13.2 Å². The first-order valence-corrected chi connectivity index (χ1v) is 10.7. The number of nitrogens with one attached hydrogen (secondary N) is 3. The van der Waals surface area contributed by atoms with E-state index in [2.05, 4.69) is 20.6 Å². The molecule has 170 valence electrons. The molecule has 1 fully saturated rings. The third-order valence-corrected chi connectivity index (χ3v) is 5.77. The van der Waals surface area contributed by atoms with E-state index in [9.17, 15) is 18.0 Å². The molecule has 1 unspecified atom stereocenters. The fourth-order valence-corrected chi connectivity index (χ4v) is 4.14. The number of aromatic nitrogens is 2. The van der Waals surface area contributed by atoms with Crippen LogP contribution in [0.1, 0.15) is 43.1 Å². The number of carbonyl (C=O) groups is 1. The quantitative estimate of drug-likeness (QED) is 0.490. The summed E-state index contributed by atoms with van der Waals surface area (Å²) in [7, 11) is 0. The number of urea groups is 1. The van der Waals surface area contributed by atoms with Gasteiger partial charge in [0.05, 0.1) is 0 Å². The van der Waals surface area contributed by atoms with Gasteiger partial charge in [-0.1, -0.05) is 6.07 Å². The first-order chi connectivity index (χ1) is 15.2. The molecule has 0 saturated carbocycles. The maximum absolute atomic E-state index is 13.3. The Morgan fingerprint density at radius 1 is 1.22 bits per heavy atom. The summed E-state index contributed by atoms with van der Waals surface area (Å²) in [6.45, 7) is 4.66. The number of nitrogens with zero attached hydrogens (tertiary/aromatic N) is 2. The molecule has 32 heavy (non-hydrogen) atoms. The summed E-state index contributed by atoms with van der Waals surface area (Å²) in [6, 6.07) is 9.54. The highest BCUT2D eigenvalue weighted by Crippen LogP contribution is 2.33. The van der Waals surface area contributed by atoms with Crippen LogP contribution in [-0.4, -0.2) is 28.6 Å². The number of carbonyl (C=O) groups excluding carboxylic acids is 1. The largest absolute Gasteiger partial charge is 0.433 e. The fraction of sp³-hybridized carbons (Fsp3) is 0.391. The van der Waals surface area contributed by atoms with Gasteiger partial charge in [-0.15, -0.1) is 0 Å². The molecule has 1 atom stereocenters. The van der Waals surface area contributed by atoms with Crippen molar-refractivity contribution in [3.05, 3.63) is 53.3 Å². The highest BCUT2D eigenvalue weighted by atomic mass is 19.4. The Morgan fingerprint density at radius 3 is 2.78 bits per heavy atom. The third-order valence-electron chi connectivity index (χ3n) is 5.77. The zero-order valence-electron chi connectivity index (χ0n) is 18.0. The minimum absolute atomic E-state index is 0.0705. The van der Waals surface area contributed by atoms with Gasteiger partial charge in [0.2, 0.25) is 0 Å². The number of piperidine rings is 1. The zero-order valence-corrected chi connectivity index (χ0v) is 18.0. The predicted molar refractivity (Wildman–Crippen MR) is 119 cm³/mol. The van der Waals surface area contributed by atoms with E-state index in [0.717, 1.165) is 41.9 Å². The lowest BCUT2D eigenvalue weighted by Crippen LogP contribution is -2.39. The van der Waals surface area contributed by atoms with Crippen molar-refractivity contribution < 1.29 is 18.0 Å². The predicted octanol–water partition coefficient (Wildman–Crippen LogP) is 5.59. The van der Waals surface area contributed by atoms with Crippen molar-refractivity contribution in [3.8, 4) is 0 Å². The summed E-state index contributed by atoms with van der Waals surface area (Å²) in [6.07, 6.45) is -1.69. The zero-order chi connectivity index (χ0) is 22.9. The summed E-state index contributed by atoms with van der Waals surface area (Å²) >= 11 is 0. The van der Waals surface area contributed by atoms with Crippen molar-refractivity contribution in [2.24, 2.45) is 0 Å². The van der Waals surface area contributed by atoms with Crippen LogP contribution in [0.2, 0.25) is 0 Å². The first-order valence-electron chi connectivity index (χ1n) is 10.7. The number of H-pyrrole nitrogens is 1. The molecule has 0 spiro atoms. The Kier molecular flexibility index (Phi) is 5.99. The number of hydrogen-bond acceptors (Lipinski definition) is 3. The number of aromatic amines is 1. The molecular formula is C23H26F3N5O. The number of rotatable bonds is 4. The molecule has 1 aliphatic heterocycles. The van der Waals surface area contributed by atoms with Crippen molar-refractivity contribution in [2.45, 2.75) is 51.9 Å². The number of benzene rings is 1. The average Bonchev–Trinajstić information content (AvgIpc) is 3.11. The van der Waals surface area contributed by atoms with E-state index in [-0.39, 0.29) is 18.4 Å². The fourth-order valence-electron chi connectivity index (χ4n) is 4.14. The molecule has 3 aromatic rings. The van der Waals surface area contributed by atoms with Crippen LogP contribution < -0.4 is 15.5 Å². The lowest BCUT2D eigenvalue weighted by Gasteiger charge is -2.36. The monoisotopic (exact) mass is 445 g/mol. The molecular weight excluding hydrogens is 419 g/mol. The maximum atomic E-state index is 13.3. The molecule has 0 bridgehead atoms. The molecule has 3 N–H and O–H groups in total. The van der Waals surface area contributed by atoms with Gasteiger partial charge in [-0.25, -0.2) is 9.78 Å². The van der Waals surface area contributed by atoms with Gasteiger partial charge in [0.25, 0.3) is 0 Å². The first kappa shape index (κ1) is 22.0. The van der Waals surface area contributed by atoms with Crippen molar-refractivity contribution in [3.63, 3.8) is 0 Å². The molecule has 0 radical (unpaired) electrons. The molecule has 1 aliphatic rings. The van der Waals surface area contributed by atoms with Crippen LogP contribution in [0.4, 0.5) is 29.5 Å². The lowest BCUT2D eigenvalue weighted by atomic mass is 10.0. The molecule has 4 rings (SSSR count). The van der Waals surface area contributed by atoms with Crippen LogP contribution >= 0.6 is 0 Å². The third kappa shape index (κ3) is 4.81. The molecule has 1 aromatic carbocycles. The van der Waals surface area contributed by atoms with Gasteiger partial charge in [-0.05, 0) is 63.4 Å². The van der Waals surface area contributed by atoms with E-state index >= 15 is 0 Å². The summed E-state index contributed by atoms with van der Waals surface area (Å²) in [5.74, 6) is 0.288. The van der Waals surface area contributed by atoms with Crippen LogP contribution in [0.15, 0.2) is 36.4 Å². The SMILES string of the molecule is Cc1cc2cc(NC(=O)NCc3ccc(C(F)(F)F)nc3N3CCCCC3C)ccc2[nH]1. The number of alkyl halides is 3. The Morgan fingerprint density at radius 2 is 2.03 bits per heavy atom. The minimum atomic E-state index is -4.52. The number of aryl methyl sites for hydroxylation is 1. The second kappa shape index (κ2) is 8.72. The Balaban J connectivity index is 1.50. The lowest BCUT2D eigenvalue weighted by molar-refractivity contribution is -0.141. The maximum Gasteiger partial charge on any atom is 0.433 e. The van der Waals surface area contributed by atoms with E-state index in [1.165, 1.54) is 6.07 Å². The second-order valence-corrected chi connectivity index (χ2v) is 8.28. The summed E-state index contributed by atoms with van der Waals surface area (Å²) < 4.78 is 39.8. The van der Waals surface area contributed by atoms with Crippen LogP contribution in [-0.2, 0) is 12.7 Å². The standard InChI is InChI=1S/C23H26F3N5O/c1-14-11-17-12-18(7-8-19(17)28-14)29-22(32)27-13-16-6-9-20(23(24,25)26)30-21(16)31-10-4-3-5-15(31)2/h6-9,11-12,15,28H,3-5,10,13H2,1-2H3,(H2,27,29,32). The smallest absolute Gasteiger partial charge is 0.359 e. The van der Waals surface area contributed by atoms with Crippen LogP contribution in [0, 0.1) is 6.92 Å². The molecule has 2 aromatic heterocycles. The Bertz CT molecular complexity index is 1120. The van der Waals surface area contributed by atoms with Gasteiger partial charge in [0, 0.05) is 47.0 Å². The molecule has 6 nitrogen and oxygen atoms in total. The number of pyridine rings is 1.